The zero-order valence-corrected chi connectivity index (χ0v) is 13.3. The number of nitrogens with two attached hydrogens (primary N) is 1. The van der Waals surface area contributed by atoms with Gasteiger partial charge in [-0.1, -0.05) is 17.3 Å². The van der Waals surface area contributed by atoms with Crippen LogP contribution in [0.15, 0.2) is 34.9 Å². The van der Waals surface area contributed by atoms with Crippen LogP contribution in [0.2, 0.25) is 0 Å². The molecular formula is C18H20FN3O2. The maximum Gasteiger partial charge on any atom is 0.276 e. The Balaban J connectivity index is 1.51. The molecule has 1 amide bonds. The third kappa shape index (κ3) is 2.71. The number of benzene rings is 1. The Kier molecular flexibility index (Phi) is 3.84. The molecule has 2 aromatic rings. The summed E-state index contributed by atoms with van der Waals surface area (Å²) in [6.45, 7) is 1.47. The molecule has 126 valence electrons. The Hall–Kier alpha value is -2.21. The summed E-state index contributed by atoms with van der Waals surface area (Å²) >= 11 is 0. The highest BCUT2D eigenvalue weighted by atomic mass is 19.1. The van der Waals surface area contributed by atoms with Crippen molar-refractivity contribution < 1.29 is 13.7 Å². The van der Waals surface area contributed by atoms with Crippen LogP contribution in [0.1, 0.15) is 29.8 Å². The van der Waals surface area contributed by atoms with E-state index in [0.717, 1.165) is 32.4 Å². The van der Waals surface area contributed by atoms with Gasteiger partial charge in [0, 0.05) is 25.2 Å². The van der Waals surface area contributed by atoms with E-state index in [4.69, 9.17) is 10.3 Å². The number of halogens is 1. The summed E-state index contributed by atoms with van der Waals surface area (Å²) in [5.41, 5.74) is 6.58. The number of aromatic nitrogens is 1. The fraction of sp³-hybridized carbons (Fsp3) is 0.444. The first-order valence-electron chi connectivity index (χ1n) is 8.38. The number of amides is 1. The van der Waals surface area contributed by atoms with Gasteiger partial charge in [-0.3, -0.25) is 4.79 Å². The van der Waals surface area contributed by atoms with Crippen molar-refractivity contribution >= 4 is 5.91 Å². The minimum absolute atomic E-state index is 0.149. The highest BCUT2D eigenvalue weighted by molar-refractivity contribution is 5.93. The number of fused-ring (bicyclic) bond motifs is 1. The van der Waals surface area contributed by atoms with Gasteiger partial charge in [0.25, 0.3) is 5.91 Å². The number of hydrogen-bond acceptors (Lipinski definition) is 4. The van der Waals surface area contributed by atoms with Crippen molar-refractivity contribution in [3.63, 3.8) is 0 Å². The van der Waals surface area contributed by atoms with Gasteiger partial charge >= 0.3 is 0 Å². The van der Waals surface area contributed by atoms with Crippen LogP contribution >= 0.6 is 0 Å². The lowest BCUT2D eigenvalue weighted by atomic mass is 9.79. The first kappa shape index (κ1) is 15.3. The molecule has 24 heavy (non-hydrogen) atoms. The summed E-state index contributed by atoms with van der Waals surface area (Å²) in [6.07, 6.45) is 3.09. The molecule has 1 saturated heterocycles. The molecule has 2 N–H and O–H groups in total. The van der Waals surface area contributed by atoms with Crippen LogP contribution in [0.4, 0.5) is 4.39 Å². The maximum absolute atomic E-state index is 13.8. The predicted octanol–water partition coefficient (Wildman–Crippen LogP) is 2.68. The molecule has 1 aromatic heterocycles. The topological polar surface area (TPSA) is 72.4 Å². The quantitative estimate of drug-likeness (QED) is 0.919. The van der Waals surface area contributed by atoms with Crippen LogP contribution in [0.5, 0.6) is 0 Å². The zero-order valence-electron chi connectivity index (χ0n) is 13.3. The van der Waals surface area contributed by atoms with Gasteiger partial charge in [0.05, 0.1) is 5.56 Å². The Labute approximate surface area is 139 Å². The summed E-state index contributed by atoms with van der Waals surface area (Å²) < 4.78 is 19.0. The van der Waals surface area contributed by atoms with E-state index in [1.54, 1.807) is 18.2 Å². The van der Waals surface area contributed by atoms with E-state index in [2.05, 4.69) is 5.16 Å². The van der Waals surface area contributed by atoms with Gasteiger partial charge in [0.15, 0.2) is 11.5 Å². The van der Waals surface area contributed by atoms with Gasteiger partial charge in [0.2, 0.25) is 0 Å². The van der Waals surface area contributed by atoms with Crippen LogP contribution in [0.3, 0.4) is 0 Å². The predicted molar refractivity (Wildman–Crippen MR) is 86.6 cm³/mol. The second-order valence-electron chi connectivity index (χ2n) is 6.86. The third-order valence-corrected chi connectivity index (χ3v) is 5.25. The molecule has 3 unspecified atom stereocenters. The number of carbonyl (C=O) groups is 1. The maximum atomic E-state index is 13.8. The number of rotatable bonds is 2. The summed E-state index contributed by atoms with van der Waals surface area (Å²) in [5, 5.41) is 3.85. The van der Waals surface area contributed by atoms with E-state index in [0.29, 0.717) is 17.4 Å². The standard InChI is InChI=1S/C18H20FN3O2/c19-15-4-2-1-3-14(15)17-8-16(21-24-17)18(23)22-9-11-5-6-13(20)7-12(11)10-22/h1-4,8,11-13H,5-7,9-10,20H2. The molecule has 2 heterocycles. The number of likely N-dealkylation sites (tertiary alicyclic amines) is 1. The SMILES string of the molecule is NC1CCC2CN(C(=O)c3cc(-c4ccccc4F)on3)CC2C1. The smallest absolute Gasteiger partial charge is 0.276 e. The fourth-order valence-electron chi connectivity index (χ4n) is 3.96. The third-order valence-electron chi connectivity index (χ3n) is 5.25. The van der Waals surface area contributed by atoms with Gasteiger partial charge in [-0.2, -0.15) is 0 Å². The summed E-state index contributed by atoms with van der Waals surface area (Å²) in [4.78, 5) is 14.5. The van der Waals surface area contributed by atoms with Crippen molar-refractivity contribution in [1.29, 1.82) is 0 Å². The van der Waals surface area contributed by atoms with Crippen molar-refractivity contribution in [2.75, 3.05) is 13.1 Å². The highest BCUT2D eigenvalue weighted by Gasteiger charge is 2.39. The Morgan fingerprint density at radius 2 is 2.04 bits per heavy atom. The molecule has 1 saturated carbocycles. The van der Waals surface area contributed by atoms with Crippen molar-refractivity contribution in [1.82, 2.24) is 10.1 Å². The first-order valence-corrected chi connectivity index (χ1v) is 8.38. The summed E-state index contributed by atoms with van der Waals surface area (Å²) in [7, 11) is 0. The molecule has 0 spiro atoms. The second-order valence-corrected chi connectivity index (χ2v) is 6.86. The van der Waals surface area contributed by atoms with Crippen molar-refractivity contribution in [3.8, 4) is 11.3 Å². The number of hydrogen-bond donors (Lipinski definition) is 1. The average Bonchev–Trinajstić information content (AvgIpc) is 3.21. The van der Waals surface area contributed by atoms with E-state index in [9.17, 15) is 9.18 Å². The average molecular weight is 329 g/mol. The molecule has 3 atom stereocenters. The largest absolute Gasteiger partial charge is 0.355 e. The number of carbonyl (C=O) groups excluding carboxylic acids is 1. The van der Waals surface area contributed by atoms with Crippen molar-refractivity contribution in [3.05, 3.63) is 41.8 Å². The lowest BCUT2D eigenvalue weighted by molar-refractivity contribution is 0.0773. The fourth-order valence-corrected chi connectivity index (χ4v) is 3.96. The minimum Gasteiger partial charge on any atom is -0.355 e. The van der Waals surface area contributed by atoms with Gasteiger partial charge < -0.3 is 15.2 Å². The van der Waals surface area contributed by atoms with Crippen molar-refractivity contribution in [2.24, 2.45) is 17.6 Å². The van der Waals surface area contributed by atoms with E-state index in [1.165, 1.54) is 12.1 Å². The lowest BCUT2D eigenvalue weighted by Crippen LogP contribution is -2.32. The van der Waals surface area contributed by atoms with Crippen LogP contribution in [0.25, 0.3) is 11.3 Å². The highest BCUT2D eigenvalue weighted by Crippen LogP contribution is 2.36. The molecule has 4 rings (SSSR count). The summed E-state index contributed by atoms with van der Waals surface area (Å²) in [6, 6.07) is 8.06. The zero-order chi connectivity index (χ0) is 16.7. The molecule has 6 heteroatoms. The molecular weight excluding hydrogens is 309 g/mol. The van der Waals surface area contributed by atoms with Gasteiger partial charge in [-0.05, 0) is 43.2 Å². The van der Waals surface area contributed by atoms with Crippen molar-refractivity contribution in [2.45, 2.75) is 25.3 Å². The van der Waals surface area contributed by atoms with Crippen LogP contribution in [-0.4, -0.2) is 35.1 Å². The Morgan fingerprint density at radius 1 is 1.25 bits per heavy atom. The molecule has 0 radical (unpaired) electrons. The molecule has 2 aliphatic rings. The number of nitrogens with zero attached hydrogens (tertiary/aromatic N) is 2. The van der Waals surface area contributed by atoms with Crippen LogP contribution in [-0.2, 0) is 0 Å². The van der Waals surface area contributed by atoms with Gasteiger partial charge in [-0.25, -0.2) is 4.39 Å². The second kappa shape index (κ2) is 6.02. The normalized spacial score (nSPS) is 26.4. The van der Waals surface area contributed by atoms with Crippen LogP contribution in [0, 0.1) is 17.7 Å². The first-order chi connectivity index (χ1) is 11.6. The lowest BCUT2D eigenvalue weighted by Gasteiger charge is -2.27. The molecule has 1 aliphatic carbocycles. The van der Waals surface area contributed by atoms with Gasteiger partial charge in [-0.15, -0.1) is 0 Å². The molecule has 0 bridgehead atoms. The van der Waals surface area contributed by atoms with E-state index in [1.807, 2.05) is 4.90 Å². The van der Waals surface area contributed by atoms with Gasteiger partial charge in [0.1, 0.15) is 5.82 Å². The Morgan fingerprint density at radius 3 is 2.88 bits per heavy atom. The molecule has 1 aliphatic heterocycles. The Bertz CT molecular complexity index is 760. The van der Waals surface area contributed by atoms with E-state index < -0.39 is 5.82 Å². The van der Waals surface area contributed by atoms with E-state index >= 15 is 0 Å². The monoisotopic (exact) mass is 329 g/mol. The van der Waals surface area contributed by atoms with Crippen LogP contribution < -0.4 is 5.73 Å². The van der Waals surface area contributed by atoms with E-state index in [-0.39, 0.29) is 23.4 Å². The molecule has 2 fully saturated rings. The minimum atomic E-state index is -0.395. The summed E-state index contributed by atoms with van der Waals surface area (Å²) in [5.74, 6) is 0.746. The molecule has 1 aromatic carbocycles. The molecule has 5 nitrogen and oxygen atoms in total.